The minimum Gasteiger partial charge on any atom is -0.292 e. The first kappa shape index (κ1) is 10.2. The zero-order valence-electron chi connectivity index (χ0n) is 10.1. The third kappa shape index (κ3) is 1.71. The SMILES string of the molecule is c1cnn(C2CN(Cc3nnnn3C3CC3)C2)c1. The molecule has 1 saturated carbocycles. The van der Waals surface area contributed by atoms with Crippen LogP contribution in [0.2, 0.25) is 0 Å². The van der Waals surface area contributed by atoms with Gasteiger partial charge in [0.05, 0.1) is 18.6 Å². The maximum atomic E-state index is 4.27. The van der Waals surface area contributed by atoms with Crippen molar-refractivity contribution >= 4 is 0 Å². The Labute approximate surface area is 104 Å². The summed E-state index contributed by atoms with van der Waals surface area (Å²) in [5.74, 6) is 0.997. The molecule has 0 N–H and O–H groups in total. The van der Waals surface area contributed by atoms with Crippen molar-refractivity contribution in [3.05, 3.63) is 24.3 Å². The molecule has 18 heavy (non-hydrogen) atoms. The zero-order valence-corrected chi connectivity index (χ0v) is 10.1. The number of nitrogens with zero attached hydrogens (tertiary/aromatic N) is 7. The molecule has 4 rings (SSSR count). The molecule has 0 unspecified atom stereocenters. The summed E-state index contributed by atoms with van der Waals surface area (Å²) in [6, 6.07) is 3.03. The second-order valence-corrected chi connectivity index (χ2v) is 5.10. The first-order valence-electron chi connectivity index (χ1n) is 6.38. The number of hydrogen-bond donors (Lipinski definition) is 0. The van der Waals surface area contributed by atoms with Crippen LogP contribution in [0.15, 0.2) is 18.5 Å². The molecule has 3 heterocycles. The van der Waals surface area contributed by atoms with E-state index in [9.17, 15) is 0 Å². The molecule has 2 fully saturated rings. The Hall–Kier alpha value is -1.76. The molecule has 1 aliphatic carbocycles. The minimum atomic E-state index is 0.505. The van der Waals surface area contributed by atoms with Gasteiger partial charge in [-0.15, -0.1) is 5.10 Å². The molecule has 0 bridgehead atoms. The van der Waals surface area contributed by atoms with Crippen molar-refractivity contribution < 1.29 is 0 Å². The van der Waals surface area contributed by atoms with Crippen LogP contribution in [0.1, 0.15) is 30.7 Å². The first-order chi connectivity index (χ1) is 8.90. The van der Waals surface area contributed by atoms with Gasteiger partial charge in [-0.1, -0.05) is 0 Å². The summed E-state index contributed by atoms with van der Waals surface area (Å²) in [6.07, 6.45) is 6.29. The van der Waals surface area contributed by atoms with Crippen LogP contribution in [0.3, 0.4) is 0 Å². The van der Waals surface area contributed by atoms with Crippen LogP contribution < -0.4 is 0 Å². The number of rotatable bonds is 4. The Morgan fingerprint density at radius 2 is 2.11 bits per heavy atom. The smallest absolute Gasteiger partial charge is 0.165 e. The summed E-state index contributed by atoms with van der Waals surface area (Å²) in [4.78, 5) is 2.36. The maximum absolute atomic E-state index is 4.27. The zero-order chi connectivity index (χ0) is 11.9. The van der Waals surface area contributed by atoms with Crippen LogP contribution in [0.25, 0.3) is 0 Å². The van der Waals surface area contributed by atoms with E-state index < -0.39 is 0 Å². The molecule has 0 atom stereocenters. The summed E-state index contributed by atoms with van der Waals surface area (Å²) in [7, 11) is 0. The fourth-order valence-corrected chi connectivity index (χ4v) is 2.45. The van der Waals surface area contributed by atoms with Gasteiger partial charge in [0.1, 0.15) is 0 Å². The topological polar surface area (TPSA) is 64.7 Å². The number of aromatic nitrogens is 6. The highest BCUT2D eigenvalue weighted by Crippen LogP contribution is 2.35. The van der Waals surface area contributed by atoms with Gasteiger partial charge in [-0.3, -0.25) is 9.58 Å². The van der Waals surface area contributed by atoms with E-state index in [-0.39, 0.29) is 0 Å². The van der Waals surface area contributed by atoms with Gasteiger partial charge >= 0.3 is 0 Å². The summed E-state index contributed by atoms with van der Waals surface area (Å²) < 4.78 is 4.02. The monoisotopic (exact) mass is 245 g/mol. The van der Waals surface area contributed by atoms with Crippen LogP contribution in [-0.2, 0) is 6.54 Å². The van der Waals surface area contributed by atoms with E-state index in [1.165, 1.54) is 12.8 Å². The Morgan fingerprint density at radius 3 is 2.83 bits per heavy atom. The van der Waals surface area contributed by atoms with Crippen molar-refractivity contribution in [2.45, 2.75) is 31.5 Å². The van der Waals surface area contributed by atoms with E-state index in [4.69, 9.17) is 0 Å². The number of hydrogen-bond acceptors (Lipinski definition) is 5. The van der Waals surface area contributed by atoms with Gasteiger partial charge in [0, 0.05) is 25.5 Å². The fourth-order valence-electron chi connectivity index (χ4n) is 2.45. The Balaban J connectivity index is 1.38. The number of likely N-dealkylation sites (tertiary alicyclic amines) is 1. The van der Waals surface area contributed by atoms with Crippen LogP contribution in [0.5, 0.6) is 0 Å². The van der Waals surface area contributed by atoms with Gasteiger partial charge in [-0.25, -0.2) is 4.68 Å². The second kappa shape index (κ2) is 3.88. The molecule has 0 radical (unpaired) electrons. The molecule has 2 aromatic rings. The summed E-state index contributed by atoms with van der Waals surface area (Å²) in [5.41, 5.74) is 0. The van der Waals surface area contributed by atoms with Crippen LogP contribution in [0, 0.1) is 0 Å². The Morgan fingerprint density at radius 1 is 1.22 bits per heavy atom. The van der Waals surface area contributed by atoms with E-state index in [0.29, 0.717) is 12.1 Å². The van der Waals surface area contributed by atoms with Gasteiger partial charge in [-0.2, -0.15) is 5.10 Å². The van der Waals surface area contributed by atoms with E-state index in [0.717, 1.165) is 25.5 Å². The first-order valence-corrected chi connectivity index (χ1v) is 6.38. The van der Waals surface area contributed by atoms with Gasteiger partial charge in [0.15, 0.2) is 5.82 Å². The van der Waals surface area contributed by atoms with Crippen LogP contribution in [0.4, 0.5) is 0 Å². The standard InChI is InChI=1S/C11H15N7/c1-4-12-17(5-1)10-6-16(7-10)8-11-13-14-15-18(11)9-2-3-9/h1,4-5,9-10H,2-3,6-8H2. The molecule has 0 amide bonds. The molecule has 7 heteroatoms. The van der Waals surface area contributed by atoms with E-state index in [1.807, 2.05) is 27.8 Å². The molecule has 0 aromatic carbocycles. The lowest BCUT2D eigenvalue weighted by atomic mass is 10.1. The average Bonchev–Trinajstić information content (AvgIpc) is 2.87. The van der Waals surface area contributed by atoms with Crippen molar-refractivity contribution in [2.75, 3.05) is 13.1 Å². The third-order valence-corrected chi connectivity index (χ3v) is 3.66. The number of tetrazole rings is 1. The van der Waals surface area contributed by atoms with E-state index in [1.54, 1.807) is 0 Å². The van der Waals surface area contributed by atoms with Crippen molar-refractivity contribution in [3.8, 4) is 0 Å². The highest BCUT2D eigenvalue weighted by Gasteiger charge is 2.32. The molecule has 1 saturated heterocycles. The fraction of sp³-hybridized carbons (Fsp3) is 0.636. The normalized spacial score (nSPS) is 21.1. The summed E-state index contributed by atoms with van der Waals surface area (Å²) in [6.45, 7) is 2.90. The van der Waals surface area contributed by atoms with E-state index >= 15 is 0 Å². The predicted octanol–water partition coefficient (Wildman–Crippen LogP) is 0.261. The van der Waals surface area contributed by atoms with Crippen LogP contribution in [-0.4, -0.2) is 48.0 Å². The van der Waals surface area contributed by atoms with Gasteiger partial charge in [0.2, 0.25) is 0 Å². The van der Waals surface area contributed by atoms with Crippen molar-refractivity contribution in [1.82, 2.24) is 34.9 Å². The molecule has 7 nitrogen and oxygen atoms in total. The van der Waals surface area contributed by atoms with Gasteiger partial charge < -0.3 is 0 Å². The molecule has 94 valence electrons. The lowest BCUT2D eigenvalue weighted by Gasteiger charge is -2.38. The van der Waals surface area contributed by atoms with Crippen LogP contribution >= 0.6 is 0 Å². The highest BCUT2D eigenvalue weighted by molar-refractivity contribution is 4.95. The van der Waals surface area contributed by atoms with Crippen molar-refractivity contribution in [1.29, 1.82) is 0 Å². The molecular formula is C11H15N7. The maximum Gasteiger partial charge on any atom is 0.165 e. The van der Waals surface area contributed by atoms with Gasteiger partial charge in [0.25, 0.3) is 0 Å². The molecule has 2 aliphatic rings. The quantitative estimate of drug-likeness (QED) is 0.773. The average molecular weight is 245 g/mol. The minimum absolute atomic E-state index is 0.505. The molecular weight excluding hydrogens is 230 g/mol. The molecule has 2 aromatic heterocycles. The van der Waals surface area contributed by atoms with Gasteiger partial charge in [-0.05, 0) is 29.3 Å². The third-order valence-electron chi connectivity index (χ3n) is 3.66. The largest absolute Gasteiger partial charge is 0.292 e. The lowest BCUT2D eigenvalue weighted by Crippen LogP contribution is -2.47. The predicted molar refractivity (Wildman–Crippen MR) is 62.6 cm³/mol. The van der Waals surface area contributed by atoms with E-state index in [2.05, 4.69) is 25.5 Å². The molecule has 0 spiro atoms. The Bertz CT molecular complexity index is 521. The second-order valence-electron chi connectivity index (χ2n) is 5.10. The van der Waals surface area contributed by atoms with Crippen molar-refractivity contribution in [3.63, 3.8) is 0 Å². The summed E-state index contributed by atoms with van der Waals surface area (Å²) in [5, 5.41) is 16.2. The van der Waals surface area contributed by atoms with Crippen molar-refractivity contribution in [2.24, 2.45) is 0 Å². The molecule has 1 aliphatic heterocycles. The summed E-state index contributed by atoms with van der Waals surface area (Å²) >= 11 is 0. The lowest BCUT2D eigenvalue weighted by molar-refractivity contribution is 0.0863. The Kier molecular flexibility index (Phi) is 2.19. The highest BCUT2D eigenvalue weighted by atomic mass is 15.6.